The molecule has 1 N–H and O–H groups in total. The number of hydrogen-bond donors (Lipinski definition) is 1. The molecule has 0 aromatic heterocycles. The van der Waals surface area contributed by atoms with E-state index in [4.69, 9.17) is 0 Å². The number of nitrogens with zero attached hydrogens (tertiary/aromatic N) is 1. The molecule has 7 heteroatoms. The lowest BCUT2D eigenvalue weighted by molar-refractivity contribution is 0.0947. The predicted octanol–water partition coefficient (Wildman–Crippen LogP) is 3.90. The van der Waals surface area contributed by atoms with E-state index in [1.54, 1.807) is 54.6 Å². The van der Waals surface area contributed by atoms with Crippen LogP contribution < -0.4 is 10.2 Å². The molecule has 0 spiro atoms. The van der Waals surface area contributed by atoms with Crippen molar-refractivity contribution >= 4 is 28.3 Å². The first kappa shape index (κ1) is 20.0. The maximum Gasteiger partial charge on any atom is 0.259 e. The van der Waals surface area contributed by atoms with Crippen LogP contribution in [0.5, 0.6) is 0 Å². The van der Waals surface area contributed by atoms with Crippen LogP contribution in [0.1, 0.15) is 33.2 Å². The van der Waals surface area contributed by atoms with Gasteiger partial charge in [0.25, 0.3) is 11.8 Å². The minimum atomic E-state index is -1.54. The lowest BCUT2D eigenvalue weighted by Crippen LogP contribution is -2.31. The third-order valence-electron chi connectivity index (χ3n) is 4.96. The van der Waals surface area contributed by atoms with E-state index in [1.165, 1.54) is 17.0 Å². The van der Waals surface area contributed by atoms with Gasteiger partial charge >= 0.3 is 0 Å². The minimum absolute atomic E-state index is 0.240. The van der Waals surface area contributed by atoms with Gasteiger partial charge in [-0.3, -0.25) is 9.59 Å². The summed E-state index contributed by atoms with van der Waals surface area (Å²) in [7, 11) is -1.54. The van der Waals surface area contributed by atoms with Crippen molar-refractivity contribution in [3.05, 3.63) is 89.2 Å². The lowest BCUT2D eigenvalue weighted by atomic mass is 10.1. The highest BCUT2D eigenvalue weighted by atomic mass is 32.2. The molecule has 1 atom stereocenters. The Morgan fingerprint density at radius 3 is 2.50 bits per heavy atom. The van der Waals surface area contributed by atoms with Crippen molar-refractivity contribution in [2.75, 3.05) is 11.4 Å². The number of fused-ring (bicyclic) bond motifs is 2. The quantitative estimate of drug-likeness (QED) is 0.693. The Morgan fingerprint density at radius 2 is 1.77 bits per heavy atom. The Kier molecular flexibility index (Phi) is 5.46. The number of rotatable bonds is 4. The summed E-state index contributed by atoms with van der Waals surface area (Å²) in [5, 5.41) is 2.79. The largest absolute Gasteiger partial charge is 0.348 e. The number of nitrogens with one attached hydrogen (secondary N) is 1. The average molecular weight is 422 g/mol. The van der Waals surface area contributed by atoms with Crippen molar-refractivity contribution in [1.82, 2.24) is 5.32 Å². The molecule has 0 bridgehead atoms. The fourth-order valence-corrected chi connectivity index (χ4v) is 4.75. The number of hydrogen-bond acceptors (Lipinski definition) is 3. The van der Waals surface area contributed by atoms with Crippen LogP contribution in [-0.2, 0) is 17.3 Å². The number of anilines is 1. The van der Waals surface area contributed by atoms with Gasteiger partial charge in [0.2, 0.25) is 0 Å². The molecule has 152 valence electrons. The van der Waals surface area contributed by atoms with Gasteiger partial charge in [-0.15, -0.1) is 0 Å². The molecule has 0 unspecified atom stereocenters. The molecule has 3 aromatic carbocycles. The number of carbonyl (C=O) groups is 2. The summed E-state index contributed by atoms with van der Waals surface area (Å²) in [6.07, 6.45) is 0. The van der Waals surface area contributed by atoms with E-state index in [0.717, 1.165) is 5.56 Å². The summed E-state index contributed by atoms with van der Waals surface area (Å²) >= 11 is 0. The Morgan fingerprint density at radius 1 is 1.03 bits per heavy atom. The van der Waals surface area contributed by atoms with Crippen LogP contribution >= 0.6 is 0 Å². The van der Waals surface area contributed by atoms with Crippen LogP contribution in [0.3, 0.4) is 0 Å². The second kappa shape index (κ2) is 8.20. The molecule has 0 saturated carbocycles. The van der Waals surface area contributed by atoms with E-state index in [1.807, 2.05) is 6.92 Å². The molecule has 1 aliphatic heterocycles. The fourth-order valence-electron chi connectivity index (χ4n) is 3.41. The molecule has 4 rings (SSSR count). The van der Waals surface area contributed by atoms with Crippen molar-refractivity contribution in [1.29, 1.82) is 0 Å². The van der Waals surface area contributed by atoms with Crippen LogP contribution in [0.2, 0.25) is 0 Å². The molecule has 0 saturated heterocycles. The molecular weight excluding hydrogens is 403 g/mol. The predicted molar refractivity (Wildman–Crippen MR) is 112 cm³/mol. The Hall–Kier alpha value is -3.32. The molecular formula is C23H19FN2O3S. The van der Waals surface area contributed by atoms with Crippen molar-refractivity contribution in [2.24, 2.45) is 0 Å². The zero-order valence-electron chi connectivity index (χ0n) is 16.2. The van der Waals surface area contributed by atoms with E-state index >= 15 is 0 Å². The number of benzene rings is 3. The third kappa shape index (κ3) is 3.64. The average Bonchev–Trinajstić information content (AvgIpc) is 2.86. The van der Waals surface area contributed by atoms with Gasteiger partial charge < -0.3 is 10.2 Å². The smallest absolute Gasteiger partial charge is 0.259 e. The van der Waals surface area contributed by atoms with Gasteiger partial charge in [0.1, 0.15) is 5.82 Å². The molecule has 0 aliphatic carbocycles. The molecule has 0 fully saturated rings. The van der Waals surface area contributed by atoms with Crippen LogP contribution in [0.4, 0.5) is 10.1 Å². The van der Waals surface area contributed by atoms with Crippen molar-refractivity contribution in [3.63, 3.8) is 0 Å². The van der Waals surface area contributed by atoms with Gasteiger partial charge in [-0.2, -0.15) is 0 Å². The van der Waals surface area contributed by atoms with Crippen LogP contribution in [0.25, 0.3) is 0 Å². The van der Waals surface area contributed by atoms with E-state index in [-0.39, 0.29) is 24.2 Å². The van der Waals surface area contributed by atoms with Gasteiger partial charge in [-0.05, 0) is 55.0 Å². The number of amides is 2. The lowest BCUT2D eigenvalue weighted by Gasteiger charge is -2.21. The van der Waals surface area contributed by atoms with E-state index in [2.05, 4.69) is 5.32 Å². The first-order chi connectivity index (χ1) is 14.5. The molecule has 2 amide bonds. The van der Waals surface area contributed by atoms with Gasteiger partial charge in [-0.25, -0.2) is 8.60 Å². The Balaban J connectivity index is 1.66. The van der Waals surface area contributed by atoms with E-state index in [9.17, 15) is 18.2 Å². The SMILES string of the molecule is CCN1C(=O)c2ccccc2[S@](=O)c2ccc(C(=O)NCc3ccc(F)cc3)cc21. The minimum Gasteiger partial charge on any atom is -0.348 e. The molecule has 3 aromatic rings. The number of halogens is 1. The topological polar surface area (TPSA) is 66.5 Å². The molecule has 30 heavy (non-hydrogen) atoms. The fraction of sp³-hybridized carbons (Fsp3) is 0.130. The molecule has 1 heterocycles. The van der Waals surface area contributed by atoms with Crippen LogP contribution in [-0.4, -0.2) is 22.6 Å². The van der Waals surface area contributed by atoms with E-state index < -0.39 is 10.8 Å². The first-order valence-electron chi connectivity index (χ1n) is 9.49. The van der Waals surface area contributed by atoms with Gasteiger partial charge in [0.15, 0.2) is 0 Å². The summed E-state index contributed by atoms with van der Waals surface area (Å²) in [4.78, 5) is 28.2. The zero-order valence-corrected chi connectivity index (χ0v) is 17.0. The summed E-state index contributed by atoms with van der Waals surface area (Å²) in [6.45, 7) is 2.45. The normalized spacial score (nSPS) is 15.2. The van der Waals surface area contributed by atoms with Crippen molar-refractivity contribution in [3.8, 4) is 0 Å². The second-order valence-electron chi connectivity index (χ2n) is 6.81. The summed E-state index contributed by atoms with van der Waals surface area (Å²) < 4.78 is 26.2. The molecule has 5 nitrogen and oxygen atoms in total. The molecule has 0 radical (unpaired) electrons. The summed E-state index contributed by atoms with van der Waals surface area (Å²) in [5.74, 6) is -0.920. The standard InChI is InChI=1S/C23H19FN2O3S/c1-2-26-19-13-16(22(27)25-14-15-7-10-17(24)11-8-15)9-12-21(19)30(29)20-6-4-3-5-18(20)23(26)28/h3-13H,2,14H2,1H3,(H,25,27)/t30-/m0/s1. The highest BCUT2D eigenvalue weighted by molar-refractivity contribution is 7.85. The number of carbonyl (C=O) groups excluding carboxylic acids is 2. The maximum atomic E-state index is 13.2. The van der Waals surface area contributed by atoms with Gasteiger partial charge in [0, 0.05) is 18.7 Å². The van der Waals surface area contributed by atoms with Crippen molar-refractivity contribution < 1.29 is 18.2 Å². The zero-order chi connectivity index (χ0) is 21.3. The second-order valence-corrected chi connectivity index (χ2v) is 8.22. The highest BCUT2D eigenvalue weighted by Crippen LogP contribution is 2.35. The highest BCUT2D eigenvalue weighted by Gasteiger charge is 2.30. The Bertz CT molecular complexity index is 1160. The van der Waals surface area contributed by atoms with E-state index in [0.29, 0.717) is 33.2 Å². The first-order valence-corrected chi connectivity index (χ1v) is 10.6. The van der Waals surface area contributed by atoms with Crippen LogP contribution in [0, 0.1) is 5.82 Å². The Labute approximate surface area is 176 Å². The van der Waals surface area contributed by atoms with Crippen LogP contribution in [0.15, 0.2) is 76.5 Å². The maximum absolute atomic E-state index is 13.2. The van der Waals surface area contributed by atoms with Gasteiger partial charge in [-0.1, -0.05) is 24.3 Å². The van der Waals surface area contributed by atoms with Crippen molar-refractivity contribution in [2.45, 2.75) is 23.3 Å². The van der Waals surface area contributed by atoms with Gasteiger partial charge in [0.05, 0.1) is 31.8 Å². The molecule has 1 aliphatic rings. The summed E-state index contributed by atoms with van der Waals surface area (Å²) in [5.41, 5.74) is 1.98. The summed E-state index contributed by atoms with van der Waals surface area (Å²) in [6, 6.07) is 17.6. The third-order valence-corrected chi connectivity index (χ3v) is 6.46. The monoisotopic (exact) mass is 422 g/mol.